The van der Waals surface area contributed by atoms with Gasteiger partial charge in [0.1, 0.15) is 5.76 Å². The third-order valence-electron chi connectivity index (χ3n) is 4.29. The van der Waals surface area contributed by atoms with E-state index < -0.39 is 0 Å². The summed E-state index contributed by atoms with van der Waals surface area (Å²) in [6.45, 7) is 1.98. The second-order valence-corrected chi connectivity index (χ2v) is 5.87. The quantitative estimate of drug-likeness (QED) is 0.851. The van der Waals surface area contributed by atoms with E-state index in [0.29, 0.717) is 19.1 Å². The molecule has 0 aliphatic carbocycles. The molecule has 1 saturated heterocycles. The highest BCUT2D eigenvalue weighted by Crippen LogP contribution is 2.31. The van der Waals surface area contributed by atoms with E-state index in [1.54, 1.807) is 11.2 Å². The van der Waals surface area contributed by atoms with E-state index in [9.17, 15) is 4.79 Å². The SMILES string of the molecule is CN(Cc1ccco1)C(=O)CN1CCC[C@H]1c1ccccc1. The molecule has 1 amide bonds. The van der Waals surface area contributed by atoms with Crippen LogP contribution in [0.25, 0.3) is 0 Å². The molecule has 22 heavy (non-hydrogen) atoms. The Kier molecular flexibility index (Phi) is 4.59. The molecule has 0 bridgehead atoms. The fraction of sp³-hybridized carbons (Fsp3) is 0.389. The van der Waals surface area contributed by atoms with Crippen LogP contribution in [0.2, 0.25) is 0 Å². The molecule has 0 N–H and O–H groups in total. The second-order valence-electron chi connectivity index (χ2n) is 5.87. The van der Waals surface area contributed by atoms with Crippen LogP contribution in [0, 0.1) is 0 Å². The van der Waals surface area contributed by atoms with Gasteiger partial charge < -0.3 is 9.32 Å². The molecule has 0 radical (unpaired) electrons. The number of hydrogen-bond acceptors (Lipinski definition) is 3. The zero-order valence-electron chi connectivity index (χ0n) is 12.9. The van der Waals surface area contributed by atoms with Crippen LogP contribution in [-0.4, -0.2) is 35.8 Å². The molecule has 4 nitrogen and oxygen atoms in total. The third-order valence-corrected chi connectivity index (χ3v) is 4.29. The summed E-state index contributed by atoms with van der Waals surface area (Å²) >= 11 is 0. The Bertz CT molecular complexity index is 595. The third kappa shape index (κ3) is 3.39. The number of furan rings is 1. The second kappa shape index (κ2) is 6.79. The van der Waals surface area contributed by atoms with Gasteiger partial charge in [0.2, 0.25) is 5.91 Å². The van der Waals surface area contributed by atoms with Crippen molar-refractivity contribution in [3.05, 3.63) is 60.1 Å². The van der Waals surface area contributed by atoms with Crippen LogP contribution in [0.15, 0.2) is 53.1 Å². The standard InChI is InChI=1S/C18H22N2O2/c1-19(13-16-9-6-12-22-16)18(21)14-20-11-5-10-17(20)15-7-3-2-4-8-15/h2-4,6-9,12,17H,5,10-11,13-14H2,1H3/t17-/m0/s1. The summed E-state index contributed by atoms with van der Waals surface area (Å²) in [7, 11) is 1.83. The van der Waals surface area contributed by atoms with Gasteiger partial charge in [-0.3, -0.25) is 9.69 Å². The van der Waals surface area contributed by atoms with Crippen molar-refractivity contribution in [3.63, 3.8) is 0 Å². The monoisotopic (exact) mass is 298 g/mol. The molecule has 1 aromatic heterocycles. The smallest absolute Gasteiger partial charge is 0.236 e. The summed E-state index contributed by atoms with van der Waals surface area (Å²) in [6.07, 6.45) is 3.91. The number of benzene rings is 1. The van der Waals surface area contributed by atoms with Crippen LogP contribution >= 0.6 is 0 Å². The van der Waals surface area contributed by atoms with Crippen LogP contribution in [-0.2, 0) is 11.3 Å². The topological polar surface area (TPSA) is 36.7 Å². The molecule has 116 valence electrons. The molecule has 1 aromatic carbocycles. The molecule has 1 aliphatic heterocycles. The molecule has 1 fully saturated rings. The van der Waals surface area contributed by atoms with E-state index in [0.717, 1.165) is 25.1 Å². The highest BCUT2D eigenvalue weighted by Gasteiger charge is 2.28. The number of amides is 1. The molecule has 0 saturated carbocycles. The van der Waals surface area contributed by atoms with E-state index in [-0.39, 0.29) is 5.91 Å². The molecule has 2 heterocycles. The lowest BCUT2D eigenvalue weighted by atomic mass is 10.0. The number of nitrogens with zero attached hydrogens (tertiary/aromatic N) is 2. The van der Waals surface area contributed by atoms with Gasteiger partial charge >= 0.3 is 0 Å². The molecule has 4 heteroatoms. The average Bonchev–Trinajstić information content (AvgIpc) is 3.19. The zero-order valence-corrected chi connectivity index (χ0v) is 12.9. The zero-order chi connectivity index (χ0) is 15.4. The first-order valence-electron chi connectivity index (χ1n) is 7.79. The Morgan fingerprint density at radius 3 is 2.82 bits per heavy atom. The summed E-state index contributed by atoms with van der Waals surface area (Å²) < 4.78 is 5.31. The number of carbonyl (C=O) groups is 1. The average molecular weight is 298 g/mol. The lowest BCUT2D eigenvalue weighted by Crippen LogP contribution is -2.37. The van der Waals surface area contributed by atoms with E-state index in [2.05, 4.69) is 29.2 Å². The van der Waals surface area contributed by atoms with Gasteiger partial charge in [-0.2, -0.15) is 0 Å². The van der Waals surface area contributed by atoms with Gasteiger partial charge in [0.25, 0.3) is 0 Å². The Labute approximate surface area is 131 Å². The lowest BCUT2D eigenvalue weighted by molar-refractivity contribution is -0.132. The van der Waals surface area contributed by atoms with Gasteiger partial charge in [0, 0.05) is 13.1 Å². The van der Waals surface area contributed by atoms with Crippen molar-refractivity contribution in [2.24, 2.45) is 0 Å². The molecule has 0 spiro atoms. The fourth-order valence-corrected chi connectivity index (χ4v) is 3.09. The maximum atomic E-state index is 12.4. The lowest BCUT2D eigenvalue weighted by Gasteiger charge is -2.26. The minimum atomic E-state index is 0.138. The van der Waals surface area contributed by atoms with Gasteiger partial charge in [0.15, 0.2) is 0 Å². The van der Waals surface area contributed by atoms with Crippen molar-refractivity contribution in [2.75, 3.05) is 20.1 Å². The van der Waals surface area contributed by atoms with E-state index >= 15 is 0 Å². The summed E-state index contributed by atoms with van der Waals surface area (Å²) in [6, 6.07) is 14.6. The van der Waals surface area contributed by atoms with Gasteiger partial charge in [-0.15, -0.1) is 0 Å². The number of rotatable bonds is 5. The number of hydrogen-bond donors (Lipinski definition) is 0. The number of carbonyl (C=O) groups excluding carboxylic acids is 1. The Hall–Kier alpha value is -2.07. The van der Waals surface area contributed by atoms with Gasteiger partial charge in [-0.05, 0) is 37.1 Å². The normalized spacial score (nSPS) is 18.5. The van der Waals surface area contributed by atoms with Crippen molar-refractivity contribution in [2.45, 2.75) is 25.4 Å². The molecular weight excluding hydrogens is 276 g/mol. The number of likely N-dealkylation sites (N-methyl/N-ethyl adjacent to an activating group) is 1. The predicted molar refractivity (Wildman–Crippen MR) is 85.2 cm³/mol. The highest BCUT2D eigenvalue weighted by molar-refractivity contribution is 5.78. The van der Waals surface area contributed by atoms with Crippen LogP contribution in [0.1, 0.15) is 30.2 Å². The van der Waals surface area contributed by atoms with Gasteiger partial charge in [-0.25, -0.2) is 0 Å². The summed E-state index contributed by atoms with van der Waals surface area (Å²) in [5, 5.41) is 0. The Morgan fingerprint density at radius 1 is 1.27 bits per heavy atom. The molecule has 2 aromatic rings. The first-order valence-corrected chi connectivity index (χ1v) is 7.79. The van der Waals surface area contributed by atoms with E-state index in [1.807, 2.05) is 25.2 Å². The minimum Gasteiger partial charge on any atom is -0.467 e. The van der Waals surface area contributed by atoms with Crippen LogP contribution in [0.3, 0.4) is 0 Å². The molecule has 0 unspecified atom stereocenters. The summed E-state index contributed by atoms with van der Waals surface area (Å²) in [5.74, 6) is 0.955. The highest BCUT2D eigenvalue weighted by atomic mass is 16.3. The van der Waals surface area contributed by atoms with Gasteiger partial charge in [0.05, 0.1) is 19.4 Å². The maximum absolute atomic E-state index is 12.4. The van der Waals surface area contributed by atoms with E-state index in [1.165, 1.54) is 5.56 Å². The van der Waals surface area contributed by atoms with Crippen LogP contribution in [0.4, 0.5) is 0 Å². The van der Waals surface area contributed by atoms with E-state index in [4.69, 9.17) is 4.42 Å². The van der Waals surface area contributed by atoms with Crippen molar-refractivity contribution >= 4 is 5.91 Å². The van der Waals surface area contributed by atoms with Crippen molar-refractivity contribution in [3.8, 4) is 0 Å². The number of likely N-dealkylation sites (tertiary alicyclic amines) is 1. The first-order chi connectivity index (χ1) is 10.7. The predicted octanol–water partition coefficient (Wildman–Crippen LogP) is 3.08. The van der Waals surface area contributed by atoms with Crippen LogP contribution in [0.5, 0.6) is 0 Å². The fourth-order valence-electron chi connectivity index (χ4n) is 3.09. The van der Waals surface area contributed by atoms with Crippen molar-refractivity contribution in [1.82, 2.24) is 9.80 Å². The Morgan fingerprint density at radius 2 is 2.09 bits per heavy atom. The molecule has 1 atom stereocenters. The summed E-state index contributed by atoms with van der Waals surface area (Å²) in [5.41, 5.74) is 1.31. The largest absolute Gasteiger partial charge is 0.467 e. The van der Waals surface area contributed by atoms with Gasteiger partial charge in [-0.1, -0.05) is 30.3 Å². The molecule has 1 aliphatic rings. The first kappa shape index (κ1) is 14.9. The summed E-state index contributed by atoms with van der Waals surface area (Å²) in [4.78, 5) is 16.5. The van der Waals surface area contributed by atoms with Crippen molar-refractivity contribution in [1.29, 1.82) is 0 Å². The minimum absolute atomic E-state index is 0.138. The molecular formula is C18H22N2O2. The van der Waals surface area contributed by atoms with Crippen LogP contribution < -0.4 is 0 Å². The van der Waals surface area contributed by atoms with Crippen molar-refractivity contribution < 1.29 is 9.21 Å². The maximum Gasteiger partial charge on any atom is 0.236 e. The Balaban J connectivity index is 1.60. The molecule has 3 rings (SSSR count).